The van der Waals surface area contributed by atoms with Crippen molar-refractivity contribution in [3.63, 3.8) is 0 Å². The van der Waals surface area contributed by atoms with Crippen LogP contribution in [-0.4, -0.2) is 0 Å². The Labute approximate surface area is 117 Å². The Hall–Kier alpha value is -1.93. The summed E-state index contributed by atoms with van der Waals surface area (Å²) in [6.45, 7) is 0.351. The Balaban J connectivity index is 2.13. The summed E-state index contributed by atoms with van der Waals surface area (Å²) in [5.41, 5.74) is 1.38. The minimum atomic E-state index is -0.489. The highest BCUT2D eigenvalue weighted by atomic mass is 79.9. The largest absolute Gasteiger partial charge is 0.379 e. The van der Waals surface area contributed by atoms with E-state index >= 15 is 0 Å². The van der Waals surface area contributed by atoms with Gasteiger partial charge in [-0.3, -0.25) is 0 Å². The standard InChI is InChI=1S/C14H9BrF2N2/c15-12-6-11(16)3-2-10(12)8-19-14-4-1-9(7-18)5-13(14)17/h1-6,19H,8H2. The van der Waals surface area contributed by atoms with Crippen LogP contribution in [0.4, 0.5) is 14.5 Å². The van der Waals surface area contributed by atoms with Crippen LogP contribution in [0.5, 0.6) is 0 Å². The van der Waals surface area contributed by atoms with Gasteiger partial charge in [0.2, 0.25) is 0 Å². The monoisotopic (exact) mass is 322 g/mol. The third-order valence-electron chi connectivity index (χ3n) is 2.58. The third kappa shape index (κ3) is 3.30. The van der Waals surface area contributed by atoms with Gasteiger partial charge < -0.3 is 5.32 Å². The second kappa shape index (κ2) is 5.81. The van der Waals surface area contributed by atoms with E-state index in [2.05, 4.69) is 21.2 Å². The van der Waals surface area contributed by atoms with Gasteiger partial charge in [0.1, 0.15) is 11.6 Å². The van der Waals surface area contributed by atoms with Gasteiger partial charge >= 0.3 is 0 Å². The number of nitrogens with zero attached hydrogens (tertiary/aromatic N) is 1. The van der Waals surface area contributed by atoms with Crippen LogP contribution in [0.2, 0.25) is 0 Å². The summed E-state index contributed by atoms with van der Waals surface area (Å²) in [6.07, 6.45) is 0. The van der Waals surface area contributed by atoms with E-state index in [1.165, 1.54) is 30.3 Å². The molecular weight excluding hydrogens is 314 g/mol. The molecule has 96 valence electrons. The van der Waals surface area contributed by atoms with Gasteiger partial charge in [0, 0.05) is 11.0 Å². The third-order valence-corrected chi connectivity index (χ3v) is 3.32. The van der Waals surface area contributed by atoms with Gasteiger partial charge in [-0.05, 0) is 35.9 Å². The van der Waals surface area contributed by atoms with Crippen LogP contribution in [-0.2, 0) is 6.54 Å². The van der Waals surface area contributed by atoms with Crippen LogP contribution in [0.1, 0.15) is 11.1 Å². The SMILES string of the molecule is N#Cc1ccc(NCc2ccc(F)cc2Br)c(F)c1. The van der Waals surface area contributed by atoms with E-state index in [0.29, 0.717) is 16.7 Å². The summed E-state index contributed by atoms with van der Waals surface area (Å²) in [7, 11) is 0. The van der Waals surface area contributed by atoms with Crippen molar-refractivity contribution < 1.29 is 8.78 Å². The van der Waals surface area contributed by atoms with Gasteiger partial charge in [-0.2, -0.15) is 5.26 Å². The van der Waals surface area contributed by atoms with Crippen molar-refractivity contribution in [1.82, 2.24) is 0 Å². The number of nitrogens with one attached hydrogen (secondary N) is 1. The van der Waals surface area contributed by atoms with Gasteiger partial charge in [-0.1, -0.05) is 22.0 Å². The summed E-state index contributed by atoms with van der Waals surface area (Å²) in [4.78, 5) is 0. The molecule has 2 nitrogen and oxygen atoms in total. The summed E-state index contributed by atoms with van der Waals surface area (Å²) < 4.78 is 27.2. The molecule has 0 aliphatic heterocycles. The molecule has 2 aromatic carbocycles. The fourth-order valence-electron chi connectivity index (χ4n) is 1.58. The molecule has 19 heavy (non-hydrogen) atoms. The Morgan fingerprint density at radius 3 is 2.58 bits per heavy atom. The lowest BCUT2D eigenvalue weighted by atomic mass is 10.2. The van der Waals surface area contributed by atoms with Crippen LogP contribution < -0.4 is 5.32 Å². The number of rotatable bonds is 3. The topological polar surface area (TPSA) is 35.8 Å². The molecule has 0 aliphatic rings. The van der Waals surface area contributed by atoms with E-state index in [9.17, 15) is 8.78 Å². The number of hydrogen-bond donors (Lipinski definition) is 1. The van der Waals surface area contributed by atoms with Crippen LogP contribution in [0.25, 0.3) is 0 Å². The van der Waals surface area contributed by atoms with E-state index in [1.807, 2.05) is 6.07 Å². The van der Waals surface area contributed by atoms with Crippen LogP contribution in [0.3, 0.4) is 0 Å². The van der Waals surface area contributed by atoms with Crippen molar-refractivity contribution in [1.29, 1.82) is 5.26 Å². The molecule has 2 aromatic rings. The van der Waals surface area contributed by atoms with Crippen molar-refractivity contribution in [2.45, 2.75) is 6.54 Å². The number of nitriles is 1. The van der Waals surface area contributed by atoms with Gasteiger partial charge in [0.05, 0.1) is 17.3 Å². The number of anilines is 1. The maximum atomic E-state index is 13.6. The second-order valence-electron chi connectivity index (χ2n) is 3.90. The smallest absolute Gasteiger partial charge is 0.147 e. The van der Waals surface area contributed by atoms with E-state index in [1.54, 1.807) is 6.07 Å². The molecule has 0 amide bonds. The van der Waals surface area contributed by atoms with Crippen LogP contribution in [0.15, 0.2) is 40.9 Å². The summed E-state index contributed by atoms with van der Waals surface area (Å²) >= 11 is 3.25. The molecular formula is C14H9BrF2N2. The fourth-order valence-corrected chi connectivity index (χ4v) is 2.07. The molecule has 0 atom stereocenters. The first-order chi connectivity index (χ1) is 9.10. The van der Waals surface area contributed by atoms with Crippen molar-refractivity contribution in [3.8, 4) is 6.07 Å². The van der Waals surface area contributed by atoms with E-state index in [4.69, 9.17) is 5.26 Å². The zero-order valence-corrected chi connectivity index (χ0v) is 11.3. The Kier molecular flexibility index (Phi) is 4.13. The highest BCUT2D eigenvalue weighted by molar-refractivity contribution is 9.10. The predicted octanol–water partition coefficient (Wildman–Crippen LogP) is 4.21. The normalized spacial score (nSPS) is 10.0. The van der Waals surface area contributed by atoms with Crippen LogP contribution >= 0.6 is 15.9 Å². The average molecular weight is 323 g/mol. The predicted molar refractivity (Wildman–Crippen MR) is 72.5 cm³/mol. The van der Waals surface area contributed by atoms with Gasteiger partial charge in [-0.15, -0.1) is 0 Å². The molecule has 0 spiro atoms. The number of halogens is 3. The van der Waals surface area contributed by atoms with Crippen molar-refractivity contribution >= 4 is 21.6 Å². The fraction of sp³-hybridized carbons (Fsp3) is 0.0714. The Morgan fingerprint density at radius 2 is 1.95 bits per heavy atom. The molecule has 2 rings (SSSR count). The maximum absolute atomic E-state index is 13.6. The van der Waals surface area contributed by atoms with E-state index in [0.717, 1.165) is 5.56 Å². The molecule has 1 N–H and O–H groups in total. The van der Waals surface area contributed by atoms with Crippen molar-refractivity contribution in [3.05, 3.63) is 63.6 Å². The van der Waals surface area contributed by atoms with E-state index in [-0.39, 0.29) is 11.4 Å². The number of benzene rings is 2. The molecule has 0 saturated heterocycles. The summed E-state index contributed by atoms with van der Waals surface area (Å²) in [5.74, 6) is -0.822. The van der Waals surface area contributed by atoms with E-state index < -0.39 is 5.82 Å². The molecule has 0 bridgehead atoms. The van der Waals surface area contributed by atoms with Gasteiger partial charge in [0.15, 0.2) is 0 Å². The minimum Gasteiger partial charge on any atom is -0.379 e. The molecule has 0 radical (unpaired) electrons. The summed E-state index contributed by atoms with van der Waals surface area (Å²) in [5, 5.41) is 11.5. The maximum Gasteiger partial charge on any atom is 0.147 e. The zero-order chi connectivity index (χ0) is 13.8. The first kappa shape index (κ1) is 13.5. The lowest BCUT2D eigenvalue weighted by Crippen LogP contribution is -2.02. The molecule has 5 heteroatoms. The van der Waals surface area contributed by atoms with Crippen LogP contribution in [0, 0.1) is 23.0 Å². The highest BCUT2D eigenvalue weighted by Gasteiger charge is 2.05. The van der Waals surface area contributed by atoms with Crippen molar-refractivity contribution in [2.75, 3.05) is 5.32 Å². The average Bonchev–Trinajstić information content (AvgIpc) is 2.39. The highest BCUT2D eigenvalue weighted by Crippen LogP contribution is 2.21. The van der Waals surface area contributed by atoms with Crippen molar-refractivity contribution in [2.24, 2.45) is 0 Å². The minimum absolute atomic E-state index is 0.269. The molecule has 0 heterocycles. The Morgan fingerprint density at radius 1 is 1.16 bits per heavy atom. The summed E-state index contributed by atoms with van der Waals surface area (Å²) in [6, 6.07) is 10.4. The lowest BCUT2D eigenvalue weighted by molar-refractivity contribution is 0.625. The molecule has 0 saturated carbocycles. The molecule has 0 unspecified atom stereocenters. The Bertz CT molecular complexity index is 650. The molecule has 0 fully saturated rings. The van der Waals surface area contributed by atoms with Gasteiger partial charge in [-0.25, -0.2) is 8.78 Å². The second-order valence-corrected chi connectivity index (χ2v) is 4.75. The first-order valence-corrected chi connectivity index (χ1v) is 6.27. The lowest BCUT2D eigenvalue weighted by Gasteiger charge is -2.09. The molecule has 0 aliphatic carbocycles. The van der Waals surface area contributed by atoms with Gasteiger partial charge in [0.25, 0.3) is 0 Å². The zero-order valence-electron chi connectivity index (χ0n) is 9.75. The molecule has 0 aromatic heterocycles. The number of hydrogen-bond acceptors (Lipinski definition) is 2. The quantitative estimate of drug-likeness (QED) is 0.918. The first-order valence-electron chi connectivity index (χ1n) is 5.47.